The van der Waals surface area contributed by atoms with E-state index in [2.05, 4.69) is 21.2 Å². The van der Waals surface area contributed by atoms with E-state index in [0.29, 0.717) is 17.4 Å². The van der Waals surface area contributed by atoms with E-state index in [1.54, 1.807) is 0 Å². The van der Waals surface area contributed by atoms with Crippen LogP contribution < -0.4 is 5.32 Å². The van der Waals surface area contributed by atoms with E-state index in [1.165, 1.54) is 18.2 Å². The van der Waals surface area contributed by atoms with Crippen LogP contribution in [-0.2, 0) is 0 Å². The van der Waals surface area contributed by atoms with Crippen LogP contribution in [0, 0.1) is 15.5 Å². The fraction of sp³-hybridized carbons (Fsp3) is 0.500. The van der Waals surface area contributed by atoms with Gasteiger partial charge in [0, 0.05) is 24.8 Å². The molecule has 0 unspecified atom stereocenters. The van der Waals surface area contributed by atoms with Crippen molar-refractivity contribution in [3.05, 3.63) is 38.3 Å². The van der Waals surface area contributed by atoms with E-state index in [0.717, 1.165) is 6.42 Å². The van der Waals surface area contributed by atoms with Crippen molar-refractivity contribution in [2.24, 2.45) is 5.41 Å². The molecule has 0 radical (unpaired) electrons. The number of benzene rings is 1. The summed E-state index contributed by atoms with van der Waals surface area (Å²) in [6.45, 7) is 4.55. The average Bonchev–Trinajstić information content (AvgIpc) is 2.43. The van der Waals surface area contributed by atoms with Crippen molar-refractivity contribution in [3.63, 3.8) is 0 Å². The Morgan fingerprint density at radius 2 is 2.14 bits per heavy atom. The summed E-state index contributed by atoms with van der Waals surface area (Å²) in [5, 5.41) is 22.5. The van der Waals surface area contributed by atoms with Gasteiger partial charge < -0.3 is 10.4 Å². The first-order chi connectivity index (χ1) is 9.76. The number of rotatable bonds is 7. The molecule has 0 aliphatic rings. The maximum atomic E-state index is 12.1. The lowest BCUT2D eigenvalue weighted by Crippen LogP contribution is -2.34. The van der Waals surface area contributed by atoms with Crippen LogP contribution in [0.25, 0.3) is 0 Å². The van der Waals surface area contributed by atoms with Crippen molar-refractivity contribution >= 4 is 27.5 Å². The Bertz CT molecular complexity index is 532. The molecule has 6 nitrogen and oxygen atoms in total. The van der Waals surface area contributed by atoms with Crippen LogP contribution in [0.1, 0.15) is 37.0 Å². The quantitative estimate of drug-likeness (QED) is 0.578. The first-order valence-corrected chi connectivity index (χ1v) is 7.39. The minimum absolute atomic E-state index is 0.121. The Morgan fingerprint density at radius 1 is 1.48 bits per heavy atom. The summed E-state index contributed by atoms with van der Waals surface area (Å²) in [5.74, 6) is -0.345. The zero-order valence-corrected chi connectivity index (χ0v) is 13.6. The first-order valence-electron chi connectivity index (χ1n) is 6.60. The normalized spacial score (nSPS) is 11.2. The van der Waals surface area contributed by atoms with Crippen LogP contribution in [0.15, 0.2) is 22.7 Å². The zero-order chi connectivity index (χ0) is 16.0. The van der Waals surface area contributed by atoms with Gasteiger partial charge in [0.25, 0.3) is 11.6 Å². The summed E-state index contributed by atoms with van der Waals surface area (Å²) in [6.07, 6.45) is 1.46. The molecule has 1 aromatic carbocycles. The highest BCUT2D eigenvalue weighted by Gasteiger charge is 2.20. The molecule has 0 aliphatic heterocycles. The second kappa shape index (κ2) is 7.51. The lowest BCUT2D eigenvalue weighted by atomic mass is 9.88. The van der Waals surface area contributed by atoms with Crippen molar-refractivity contribution in [2.45, 2.75) is 26.7 Å². The summed E-state index contributed by atoms with van der Waals surface area (Å²) < 4.78 is 0.340. The molecule has 0 atom stereocenters. The number of amides is 1. The highest BCUT2D eigenvalue weighted by atomic mass is 79.9. The molecule has 1 aromatic rings. The molecule has 0 heterocycles. The summed E-state index contributed by atoms with van der Waals surface area (Å²) in [6, 6.07) is 4.28. The van der Waals surface area contributed by atoms with Gasteiger partial charge in [-0.05, 0) is 46.3 Å². The number of hydrogen-bond donors (Lipinski definition) is 2. The van der Waals surface area contributed by atoms with Gasteiger partial charge in [-0.15, -0.1) is 0 Å². The van der Waals surface area contributed by atoms with E-state index < -0.39 is 4.92 Å². The van der Waals surface area contributed by atoms with Gasteiger partial charge in [0.2, 0.25) is 0 Å². The monoisotopic (exact) mass is 358 g/mol. The summed E-state index contributed by atoms with van der Waals surface area (Å²) >= 11 is 3.08. The molecule has 7 heteroatoms. The SMILES string of the molecule is CC(C)(CCCO)CNC(=O)c1ccc(Br)c([N+](=O)[O-])c1. The van der Waals surface area contributed by atoms with Gasteiger partial charge in [0.15, 0.2) is 0 Å². The predicted molar refractivity (Wildman–Crippen MR) is 83.2 cm³/mol. The molecule has 0 saturated carbocycles. The number of halogens is 1. The highest BCUT2D eigenvalue weighted by Crippen LogP contribution is 2.26. The van der Waals surface area contributed by atoms with Gasteiger partial charge in [-0.2, -0.15) is 0 Å². The first kappa shape index (κ1) is 17.6. The number of carbonyl (C=O) groups excluding carboxylic acids is 1. The largest absolute Gasteiger partial charge is 0.396 e. The average molecular weight is 359 g/mol. The molecule has 0 saturated heterocycles. The molecule has 0 bridgehead atoms. The lowest BCUT2D eigenvalue weighted by molar-refractivity contribution is -0.385. The lowest BCUT2D eigenvalue weighted by Gasteiger charge is -2.24. The fourth-order valence-corrected chi connectivity index (χ4v) is 2.25. The van der Waals surface area contributed by atoms with Gasteiger partial charge in [-0.1, -0.05) is 13.8 Å². The maximum Gasteiger partial charge on any atom is 0.284 e. The van der Waals surface area contributed by atoms with E-state index in [9.17, 15) is 14.9 Å². The Kier molecular flexibility index (Phi) is 6.29. The van der Waals surface area contributed by atoms with Crippen LogP contribution in [0.4, 0.5) is 5.69 Å². The summed E-state index contributed by atoms with van der Waals surface area (Å²) in [5.41, 5.74) is -0.0234. The second-order valence-corrected chi connectivity index (χ2v) is 6.45. The van der Waals surface area contributed by atoms with Gasteiger partial charge in [0.05, 0.1) is 9.40 Å². The standard InChI is InChI=1S/C14H19BrN2O4/c1-14(2,6-3-7-18)9-16-13(19)10-4-5-11(15)12(8-10)17(20)21/h4-5,8,18H,3,6-7,9H2,1-2H3,(H,16,19). The van der Waals surface area contributed by atoms with Gasteiger partial charge in [-0.3, -0.25) is 14.9 Å². The van der Waals surface area contributed by atoms with Crippen LogP contribution in [-0.4, -0.2) is 29.1 Å². The third kappa shape index (κ3) is 5.43. The summed E-state index contributed by atoms with van der Waals surface area (Å²) in [7, 11) is 0. The molecule has 0 aliphatic carbocycles. The molecule has 21 heavy (non-hydrogen) atoms. The third-order valence-corrected chi connectivity index (χ3v) is 3.81. The Labute approximate surface area is 131 Å². The molecular weight excluding hydrogens is 340 g/mol. The third-order valence-electron chi connectivity index (χ3n) is 3.14. The molecule has 0 aromatic heterocycles. The van der Waals surface area contributed by atoms with E-state index in [-0.39, 0.29) is 29.2 Å². The van der Waals surface area contributed by atoms with Crippen LogP contribution in [0.3, 0.4) is 0 Å². The smallest absolute Gasteiger partial charge is 0.284 e. The molecule has 1 rings (SSSR count). The van der Waals surface area contributed by atoms with Crippen LogP contribution in [0.5, 0.6) is 0 Å². The Balaban J connectivity index is 2.72. The number of carbonyl (C=O) groups is 1. The van der Waals surface area contributed by atoms with Crippen molar-refractivity contribution in [1.82, 2.24) is 5.32 Å². The molecule has 1 amide bonds. The van der Waals surface area contributed by atoms with Crippen molar-refractivity contribution in [3.8, 4) is 0 Å². The summed E-state index contributed by atoms with van der Waals surface area (Å²) in [4.78, 5) is 22.4. The minimum Gasteiger partial charge on any atom is -0.396 e. The molecule has 0 spiro atoms. The van der Waals surface area contributed by atoms with Crippen LogP contribution in [0.2, 0.25) is 0 Å². The van der Waals surface area contributed by atoms with Crippen molar-refractivity contribution in [2.75, 3.05) is 13.2 Å². The Hall–Kier alpha value is -1.47. The fourth-order valence-electron chi connectivity index (χ4n) is 1.86. The predicted octanol–water partition coefficient (Wildman–Crippen LogP) is 2.89. The number of aliphatic hydroxyl groups excluding tert-OH is 1. The van der Waals surface area contributed by atoms with Crippen molar-refractivity contribution in [1.29, 1.82) is 0 Å². The number of nitro groups is 1. The number of nitro benzene ring substituents is 1. The number of nitrogens with one attached hydrogen (secondary N) is 1. The van der Waals surface area contributed by atoms with E-state index >= 15 is 0 Å². The maximum absolute atomic E-state index is 12.1. The zero-order valence-electron chi connectivity index (χ0n) is 12.1. The Morgan fingerprint density at radius 3 is 2.71 bits per heavy atom. The number of hydrogen-bond acceptors (Lipinski definition) is 4. The van der Waals surface area contributed by atoms with Gasteiger partial charge >= 0.3 is 0 Å². The minimum atomic E-state index is -0.536. The topological polar surface area (TPSA) is 92.5 Å². The molecule has 0 fully saturated rings. The molecular formula is C14H19BrN2O4. The van der Waals surface area contributed by atoms with Crippen molar-refractivity contribution < 1.29 is 14.8 Å². The van der Waals surface area contributed by atoms with Gasteiger partial charge in [-0.25, -0.2) is 0 Å². The van der Waals surface area contributed by atoms with E-state index in [1.807, 2.05) is 13.8 Å². The van der Waals surface area contributed by atoms with Gasteiger partial charge in [0.1, 0.15) is 0 Å². The number of nitrogens with zero attached hydrogens (tertiary/aromatic N) is 1. The molecule has 2 N–H and O–H groups in total. The van der Waals surface area contributed by atoms with E-state index in [4.69, 9.17) is 5.11 Å². The molecule has 116 valence electrons. The highest BCUT2D eigenvalue weighted by molar-refractivity contribution is 9.10. The van der Waals surface area contributed by atoms with Crippen LogP contribution >= 0.6 is 15.9 Å². The second-order valence-electron chi connectivity index (χ2n) is 5.60. The number of aliphatic hydroxyl groups is 1.